The Labute approximate surface area is 220 Å². The maximum Gasteiger partial charge on any atom is 0.264 e. The van der Waals surface area contributed by atoms with Gasteiger partial charge in [-0.15, -0.1) is 0 Å². The van der Waals surface area contributed by atoms with Gasteiger partial charge in [-0.1, -0.05) is 48.0 Å². The number of ether oxygens (including phenoxy) is 1. The molecule has 0 heterocycles. The summed E-state index contributed by atoms with van der Waals surface area (Å²) in [5, 5.41) is 7.55. The van der Waals surface area contributed by atoms with E-state index in [1.54, 1.807) is 31.2 Å². The van der Waals surface area contributed by atoms with Crippen LogP contribution in [0.2, 0.25) is 5.02 Å². The number of hydrazine groups is 1. The van der Waals surface area contributed by atoms with Crippen molar-refractivity contribution in [2.75, 3.05) is 11.9 Å². The Hall–Kier alpha value is -3.21. The topological polar surface area (TPSA) is 109 Å². The second-order valence-corrected chi connectivity index (χ2v) is 9.01. The van der Waals surface area contributed by atoms with Gasteiger partial charge in [-0.2, -0.15) is 0 Å². The molecule has 0 aliphatic heterocycles. The number of thiocarbonyl (C=S) groups is 1. The summed E-state index contributed by atoms with van der Waals surface area (Å²) in [7, 11) is 0. The average molecular weight is 578 g/mol. The van der Waals surface area contributed by atoms with E-state index in [0.717, 1.165) is 20.8 Å². The van der Waals surface area contributed by atoms with E-state index in [2.05, 4.69) is 37.4 Å². The maximum absolute atomic E-state index is 12.1. The zero-order chi connectivity index (χ0) is 25.4. The summed E-state index contributed by atoms with van der Waals surface area (Å²) in [5.74, 6) is -0.806. The van der Waals surface area contributed by atoms with Crippen LogP contribution in [0.5, 0.6) is 5.75 Å². The van der Waals surface area contributed by atoms with E-state index in [9.17, 15) is 14.4 Å². The average Bonchev–Trinajstić information content (AvgIpc) is 2.84. The third kappa shape index (κ3) is 7.64. The number of benzene rings is 3. The normalized spacial score (nSPS) is 10.4. The van der Waals surface area contributed by atoms with Crippen molar-refractivity contribution in [2.24, 2.45) is 0 Å². The molecule has 182 valence electrons. The van der Waals surface area contributed by atoms with E-state index in [-0.39, 0.29) is 30.5 Å². The van der Waals surface area contributed by atoms with Gasteiger partial charge in [-0.3, -0.25) is 30.6 Å². The lowest BCUT2D eigenvalue weighted by Crippen LogP contribution is -2.49. The molecular formula is C24H22BrClN4O4S. The molecule has 4 N–H and O–H groups in total. The molecule has 3 aromatic carbocycles. The number of rotatable bonds is 7. The minimum Gasteiger partial charge on any atom is -0.483 e. The van der Waals surface area contributed by atoms with Crippen molar-refractivity contribution in [3.8, 4) is 5.75 Å². The molecule has 3 amide bonds. The van der Waals surface area contributed by atoms with E-state index in [4.69, 9.17) is 28.6 Å². The Morgan fingerprint density at radius 1 is 0.943 bits per heavy atom. The monoisotopic (exact) mass is 576 g/mol. The molecule has 0 unspecified atom stereocenters. The fraction of sp³-hybridized carbons (Fsp3) is 0.167. The molecule has 8 nitrogen and oxygen atoms in total. The molecular weight excluding hydrogens is 556 g/mol. The van der Waals surface area contributed by atoms with Crippen molar-refractivity contribution in [1.82, 2.24) is 16.2 Å². The van der Waals surface area contributed by atoms with Gasteiger partial charge in [0.05, 0.1) is 4.47 Å². The standard InChI is InChI=1S/C24H22BrClN4O4S/c1-14-17(26)7-4-8-18(14)27-20(31)11-12-21(32)29-30-24(35)28-22(33)13-34-19-10-9-15-5-2-3-6-16(15)23(19)25/h2-10H,11-13H2,1H3,(H,27,31)(H,29,32)(H2,28,30,33,35). The van der Waals surface area contributed by atoms with Crippen LogP contribution in [0.3, 0.4) is 0 Å². The first kappa shape index (κ1) is 26.4. The van der Waals surface area contributed by atoms with Crippen LogP contribution in [-0.4, -0.2) is 29.4 Å². The number of carbonyl (C=O) groups excluding carboxylic acids is 3. The Bertz CT molecular complexity index is 1290. The van der Waals surface area contributed by atoms with E-state index < -0.39 is 11.8 Å². The van der Waals surface area contributed by atoms with Crippen LogP contribution in [0.25, 0.3) is 10.8 Å². The molecule has 0 radical (unpaired) electrons. The van der Waals surface area contributed by atoms with Crippen LogP contribution >= 0.6 is 39.7 Å². The minimum atomic E-state index is -0.506. The number of amides is 3. The Kier molecular flexibility index (Phi) is 9.41. The second-order valence-electron chi connectivity index (χ2n) is 7.40. The van der Waals surface area contributed by atoms with E-state index in [0.29, 0.717) is 16.5 Å². The van der Waals surface area contributed by atoms with Gasteiger partial charge in [-0.05, 0) is 69.6 Å². The molecule has 0 aliphatic carbocycles. The maximum atomic E-state index is 12.1. The Morgan fingerprint density at radius 2 is 1.69 bits per heavy atom. The molecule has 0 aromatic heterocycles. The first-order valence-corrected chi connectivity index (χ1v) is 12.1. The summed E-state index contributed by atoms with van der Waals surface area (Å²) < 4.78 is 6.32. The smallest absolute Gasteiger partial charge is 0.264 e. The molecule has 0 atom stereocenters. The van der Waals surface area contributed by atoms with Gasteiger partial charge in [-0.25, -0.2) is 0 Å². The summed E-state index contributed by atoms with van der Waals surface area (Å²) >= 11 is 14.5. The lowest BCUT2D eigenvalue weighted by atomic mass is 10.1. The summed E-state index contributed by atoms with van der Waals surface area (Å²) in [6.07, 6.45) is -0.138. The van der Waals surface area contributed by atoms with Crippen LogP contribution in [0.4, 0.5) is 5.69 Å². The van der Waals surface area contributed by atoms with Gasteiger partial charge in [0.25, 0.3) is 5.91 Å². The van der Waals surface area contributed by atoms with Crippen molar-refractivity contribution in [3.05, 3.63) is 69.7 Å². The van der Waals surface area contributed by atoms with E-state index >= 15 is 0 Å². The molecule has 0 fully saturated rings. The molecule has 0 aliphatic rings. The van der Waals surface area contributed by atoms with Gasteiger partial charge in [0.1, 0.15) is 5.75 Å². The number of hydrogen-bond donors (Lipinski definition) is 4. The lowest BCUT2D eigenvalue weighted by molar-refractivity contribution is -0.125. The minimum absolute atomic E-state index is 0.0485. The highest BCUT2D eigenvalue weighted by Gasteiger charge is 2.12. The predicted octanol–water partition coefficient (Wildman–Crippen LogP) is 4.38. The number of anilines is 1. The van der Waals surface area contributed by atoms with Gasteiger partial charge in [0, 0.05) is 23.6 Å². The van der Waals surface area contributed by atoms with E-state index in [1.807, 2.05) is 30.3 Å². The third-order valence-corrected chi connectivity index (χ3v) is 6.31. The van der Waals surface area contributed by atoms with E-state index in [1.165, 1.54) is 0 Å². The van der Waals surface area contributed by atoms with Crippen molar-refractivity contribution in [3.63, 3.8) is 0 Å². The molecule has 0 bridgehead atoms. The highest BCUT2D eigenvalue weighted by molar-refractivity contribution is 9.10. The molecule has 0 saturated carbocycles. The fourth-order valence-electron chi connectivity index (χ4n) is 3.03. The Morgan fingerprint density at radius 3 is 2.49 bits per heavy atom. The van der Waals surface area contributed by atoms with Gasteiger partial charge < -0.3 is 10.1 Å². The van der Waals surface area contributed by atoms with Crippen molar-refractivity contribution < 1.29 is 19.1 Å². The van der Waals surface area contributed by atoms with Crippen LogP contribution in [0, 0.1) is 6.92 Å². The summed E-state index contributed by atoms with van der Waals surface area (Å²) in [5.41, 5.74) is 6.09. The molecule has 11 heteroatoms. The molecule has 0 saturated heterocycles. The van der Waals surface area contributed by atoms with Gasteiger partial charge in [0.15, 0.2) is 11.7 Å². The van der Waals surface area contributed by atoms with Crippen molar-refractivity contribution in [1.29, 1.82) is 0 Å². The number of halogens is 2. The van der Waals surface area contributed by atoms with Crippen LogP contribution in [0.1, 0.15) is 18.4 Å². The van der Waals surface area contributed by atoms with Crippen LogP contribution in [-0.2, 0) is 14.4 Å². The van der Waals surface area contributed by atoms with Crippen molar-refractivity contribution >= 4 is 79.0 Å². The highest BCUT2D eigenvalue weighted by atomic mass is 79.9. The quantitative estimate of drug-likeness (QED) is 0.245. The first-order chi connectivity index (χ1) is 16.7. The first-order valence-electron chi connectivity index (χ1n) is 10.5. The van der Waals surface area contributed by atoms with Crippen LogP contribution in [0.15, 0.2) is 59.1 Å². The van der Waals surface area contributed by atoms with Gasteiger partial charge in [0.2, 0.25) is 11.8 Å². The number of hydrogen-bond acceptors (Lipinski definition) is 5. The number of nitrogens with one attached hydrogen (secondary N) is 4. The number of fused-ring (bicyclic) bond motifs is 1. The predicted molar refractivity (Wildman–Crippen MR) is 143 cm³/mol. The summed E-state index contributed by atoms with van der Waals surface area (Å²) in [6, 6.07) is 16.6. The van der Waals surface area contributed by atoms with Gasteiger partial charge >= 0.3 is 0 Å². The second kappa shape index (κ2) is 12.5. The zero-order valence-electron chi connectivity index (χ0n) is 18.6. The Balaban J connectivity index is 1.37. The highest BCUT2D eigenvalue weighted by Crippen LogP contribution is 2.33. The molecule has 35 heavy (non-hydrogen) atoms. The summed E-state index contributed by atoms with van der Waals surface area (Å²) in [6.45, 7) is 1.51. The summed E-state index contributed by atoms with van der Waals surface area (Å²) in [4.78, 5) is 36.2. The lowest BCUT2D eigenvalue weighted by Gasteiger charge is -2.13. The third-order valence-electron chi connectivity index (χ3n) is 4.88. The fourth-order valence-corrected chi connectivity index (χ4v) is 3.98. The number of carbonyl (C=O) groups is 3. The van der Waals surface area contributed by atoms with Crippen molar-refractivity contribution in [2.45, 2.75) is 19.8 Å². The molecule has 0 spiro atoms. The van der Waals surface area contributed by atoms with Crippen LogP contribution < -0.4 is 26.2 Å². The molecule has 3 rings (SSSR count). The largest absolute Gasteiger partial charge is 0.483 e. The molecule has 3 aromatic rings. The SMILES string of the molecule is Cc1c(Cl)cccc1NC(=O)CCC(=O)NNC(=S)NC(=O)COc1ccc2ccccc2c1Br. The zero-order valence-corrected chi connectivity index (χ0v) is 21.8.